The van der Waals surface area contributed by atoms with E-state index in [1.807, 2.05) is 0 Å². The van der Waals surface area contributed by atoms with Crippen LogP contribution >= 0.6 is 0 Å². The monoisotopic (exact) mass is 276 g/mol. The zero-order valence-electron chi connectivity index (χ0n) is 12.2. The van der Waals surface area contributed by atoms with Crippen LogP contribution in [-0.2, 0) is 0 Å². The smallest absolute Gasteiger partial charge is 0.130 e. The Morgan fingerprint density at radius 2 is 1.52 bits per heavy atom. The summed E-state index contributed by atoms with van der Waals surface area (Å²) in [5.74, 6) is 0. The van der Waals surface area contributed by atoms with Crippen LogP contribution in [0.2, 0.25) is 0 Å². The second-order valence-electron chi connectivity index (χ2n) is 6.09. The summed E-state index contributed by atoms with van der Waals surface area (Å²) < 4.78 is 0. The first kappa shape index (κ1) is 12.6. The molecule has 4 rings (SSSR count). The van der Waals surface area contributed by atoms with Gasteiger partial charge in [-0.25, -0.2) is 0 Å². The number of para-hydroxylation sites is 1. The maximum Gasteiger partial charge on any atom is 0.130 e. The molecule has 2 aromatic rings. The largest absolute Gasteiger partial charge is 0.361 e. The van der Waals surface area contributed by atoms with E-state index in [1.165, 1.54) is 36.1 Å². The van der Waals surface area contributed by atoms with Crippen LogP contribution in [0, 0.1) is 0 Å². The number of fused-ring (bicyclic) bond motifs is 1. The standard InChI is InChI=1S/C19H20N2/c1-3-9-15(10-4-1)18-16-11-5-6-12-17(16)20-19(21-18)13-7-2-8-14-19/h1,3-6,9-12,20H,2,7-8,13-14H2. The van der Waals surface area contributed by atoms with E-state index < -0.39 is 0 Å². The third kappa shape index (κ3) is 2.25. The summed E-state index contributed by atoms with van der Waals surface area (Å²) in [6.45, 7) is 0. The molecule has 0 aromatic heterocycles. The molecule has 1 saturated carbocycles. The quantitative estimate of drug-likeness (QED) is 0.808. The first-order valence-electron chi connectivity index (χ1n) is 7.89. The summed E-state index contributed by atoms with van der Waals surface area (Å²) in [5.41, 5.74) is 4.73. The zero-order valence-corrected chi connectivity index (χ0v) is 12.2. The van der Waals surface area contributed by atoms with Crippen LogP contribution in [-0.4, -0.2) is 11.4 Å². The van der Waals surface area contributed by atoms with Gasteiger partial charge in [0.1, 0.15) is 5.66 Å². The molecule has 2 nitrogen and oxygen atoms in total. The fraction of sp³-hybridized carbons (Fsp3) is 0.316. The van der Waals surface area contributed by atoms with Gasteiger partial charge in [-0.2, -0.15) is 0 Å². The highest BCUT2D eigenvalue weighted by molar-refractivity contribution is 6.17. The van der Waals surface area contributed by atoms with Gasteiger partial charge in [0.25, 0.3) is 0 Å². The molecule has 0 atom stereocenters. The van der Waals surface area contributed by atoms with E-state index in [0.29, 0.717) is 0 Å². The Balaban J connectivity index is 1.87. The third-order valence-corrected chi connectivity index (χ3v) is 4.60. The number of nitrogens with zero attached hydrogens (tertiary/aromatic N) is 1. The average Bonchev–Trinajstić information content (AvgIpc) is 2.56. The minimum absolute atomic E-state index is 0.0855. The maximum atomic E-state index is 5.19. The molecule has 0 amide bonds. The molecule has 1 heterocycles. The number of hydrogen-bond donors (Lipinski definition) is 1. The van der Waals surface area contributed by atoms with Crippen LogP contribution in [0.25, 0.3) is 0 Å². The summed E-state index contributed by atoms with van der Waals surface area (Å²) in [5, 5.41) is 3.72. The summed E-state index contributed by atoms with van der Waals surface area (Å²) in [4.78, 5) is 5.19. The van der Waals surface area contributed by atoms with Crippen LogP contribution in [0.1, 0.15) is 43.2 Å². The lowest BCUT2D eigenvalue weighted by molar-refractivity contribution is 0.334. The molecule has 0 radical (unpaired) electrons. The molecule has 1 aliphatic heterocycles. The number of nitrogens with one attached hydrogen (secondary N) is 1. The zero-order chi connectivity index (χ0) is 14.1. The molecule has 1 fully saturated rings. The lowest BCUT2D eigenvalue weighted by Gasteiger charge is -2.40. The van der Waals surface area contributed by atoms with Crippen molar-refractivity contribution in [2.75, 3.05) is 5.32 Å². The molecule has 2 aromatic carbocycles. The van der Waals surface area contributed by atoms with Gasteiger partial charge in [-0.05, 0) is 31.7 Å². The minimum Gasteiger partial charge on any atom is -0.361 e. The molecule has 0 saturated heterocycles. The van der Waals surface area contributed by atoms with Gasteiger partial charge in [-0.15, -0.1) is 0 Å². The van der Waals surface area contributed by atoms with Gasteiger partial charge in [0.05, 0.1) is 5.71 Å². The Kier molecular flexibility index (Phi) is 3.03. The first-order chi connectivity index (χ1) is 10.4. The molecule has 106 valence electrons. The summed E-state index contributed by atoms with van der Waals surface area (Å²) in [6.07, 6.45) is 6.14. The van der Waals surface area contributed by atoms with Crippen molar-refractivity contribution in [1.29, 1.82) is 0 Å². The number of aliphatic imine (C=N–C) groups is 1. The lowest BCUT2D eigenvalue weighted by atomic mass is 9.86. The lowest BCUT2D eigenvalue weighted by Crippen LogP contribution is -2.42. The molecule has 1 spiro atoms. The van der Waals surface area contributed by atoms with Crippen molar-refractivity contribution in [3.63, 3.8) is 0 Å². The Morgan fingerprint density at radius 3 is 2.33 bits per heavy atom. The van der Waals surface area contributed by atoms with Gasteiger partial charge in [-0.3, -0.25) is 4.99 Å². The second kappa shape index (κ2) is 5.03. The van der Waals surface area contributed by atoms with Gasteiger partial charge in [0, 0.05) is 16.8 Å². The Bertz CT molecular complexity index is 667. The van der Waals surface area contributed by atoms with E-state index >= 15 is 0 Å². The first-order valence-corrected chi connectivity index (χ1v) is 7.89. The van der Waals surface area contributed by atoms with E-state index in [1.54, 1.807) is 0 Å². The van der Waals surface area contributed by atoms with Gasteiger partial charge in [0.2, 0.25) is 0 Å². The van der Waals surface area contributed by atoms with Crippen molar-refractivity contribution < 1.29 is 0 Å². The molecular formula is C19H20N2. The number of hydrogen-bond acceptors (Lipinski definition) is 2. The van der Waals surface area contributed by atoms with Crippen molar-refractivity contribution in [2.24, 2.45) is 4.99 Å². The third-order valence-electron chi connectivity index (χ3n) is 4.60. The highest BCUT2D eigenvalue weighted by Crippen LogP contribution is 2.38. The molecule has 21 heavy (non-hydrogen) atoms. The Morgan fingerprint density at radius 1 is 0.810 bits per heavy atom. The molecule has 2 aliphatic rings. The van der Waals surface area contributed by atoms with E-state index in [2.05, 4.69) is 59.9 Å². The van der Waals surface area contributed by atoms with E-state index in [9.17, 15) is 0 Å². The highest BCUT2D eigenvalue weighted by Gasteiger charge is 2.35. The molecule has 0 unspecified atom stereocenters. The number of benzene rings is 2. The van der Waals surface area contributed by atoms with Gasteiger partial charge >= 0.3 is 0 Å². The summed E-state index contributed by atoms with van der Waals surface area (Å²) >= 11 is 0. The predicted octanol–water partition coefficient (Wildman–Crippen LogP) is 4.61. The van der Waals surface area contributed by atoms with Gasteiger partial charge < -0.3 is 5.32 Å². The van der Waals surface area contributed by atoms with Gasteiger partial charge in [-0.1, -0.05) is 55.0 Å². The van der Waals surface area contributed by atoms with E-state index in [0.717, 1.165) is 18.6 Å². The van der Waals surface area contributed by atoms with Crippen molar-refractivity contribution in [2.45, 2.75) is 37.8 Å². The second-order valence-corrected chi connectivity index (χ2v) is 6.09. The van der Waals surface area contributed by atoms with Crippen LogP contribution in [0.15, 0.2) is 59.6 Å². The van der Waals surface area contributed by atoms with E-state index in [4.69, 9.17) is 4.99 Å². The van der Waals surface area contributed by atoms with Crippen molar-refractivity contribution in [1.82, 2.24) is 0 Å². The topological polar surface area (TPSA) is 24.4 Å². The highest BCUT2D eigenvalue weighted by atomic mass is 15.2. The minimum atomic E-state index is -0.0855. The maximum absolute atomic E-state index is 5.19. The van der Waals surface area contributed by atoms with Crippen LogP contribution < -0.4 is 5.32 Å². The van der Waals surface area contributed by atoms with Crippen LogP contribution in [0.5, 0.6) is 0 Å². The van der Waals surface area contributed by atoms with Crippen molar-refractivity contribution in [3.8, 4) is 0 Å². The predicted molar refractivity (Wildman–Crippen MR) is 88.0 cm³/mol. The number of anilines is 1. The Hall–Kier alpha value is -2.09. The average molecular weight is 276 g/mol. The molecular weight excluding hydrogens is 256 g/mol. The summed E-state index contributed by atoms with van der Waals surface area (Å²) in [7, 11) is 0. The molecule has 2 heteroatoms. The van der Waals surface area contributed by atoms with Crippen molar-refractivity contribution in [3.05, 3.63) is 65.7 Å². The van der Waals surface area contributed by atoms with Crippen LogP contribution in [0.3, 0.4) is 0 Å². The fourth-order valence-corrected chi connectivity index (χ4v) is 3.54. The van der Waals surface area contributed by atoms with Crippen molar-refractivity contribution >= 4 is 11.4 Å². The van der Waals surface area contributed by atoms with E-state index in [-0.39, 0.29) is 5.66 Å². The summed E-state index contributed by atoms with van der Waals surface area (Å²) in [6, 6.07) is 19.1. The SMILES string of the molecule is c1ccc(C2=NC3(CCCCC3)Nc3ccccc32)cc1. The molecule has 0 bridgehead atoms. The molecule has 1 N–H and O–H groups in total. The molecule has 1 aliphatic carbocycles. The fourth-order valence-electron chi connectivity index (χ4n) is 3.54. The normalized spacial score (nSPS) is 19.5. The Labute approximate surface area is 125 Å². The van der Waals surface area contributed by atoms with Crippen LogP contribution in [0.4, 0.5) is 5.69 Å². The van der Waals surface area contributed by atoms with Gasteiger partial charge in [0.15, 0.2) is 0 Å². The number of rotatable bonds is 1.